The van der Waals surface area contributed by atoms with E-state index in [-0.39, 0.29) is 0 Å². The molecule has 230 valence electrons. The van der Waals surface area contributed by atoms with Gasteiger partial charge in [0.05, 0.1) is 21.1 Å². The molecule has 1 aromatic carbocycles. The summed E-state index contributed by atoms with van der Waals surface area (Å²) in [7, 11) is -7.04. The zero-order chi connectivity index (χ0) is 31.5. The number of rotatable bonds is 8. The number of hydrogen-bond donors (Lipinski definition) is 1. The second-order valence-corrected chi connectivity index (χ2v) is 13.0. The van der Waals surface area contributed by atoms with Crippen LogP contribution in [0.25, 0.3) is 0 Å². The average Bonchev–Trinajstić information content (AvgIpc) is 3.54. The van der Waals surface area contributed by atoms with Crippen molar-refractivity contribution < 1.29 is 56.9 Å². The third-order valence-electron chi connectivity index (χ3n) is 5.51. The summed E-state index contributed by atoms with van der Waals surface area (Å²) in [5.74, 6) is 0. The maximum absolute atomic E-state index is 11.5. The van der Waals surface area contributed by atoms with Gasteiger partial charge in [-0.05, 0) is 34.9 Å². The molecular weight excluding hydrogens is 616 g/mol. The molecule has 0 aliphatic rings. The van der Waals surface area contributed by atoms with Gasteiger partial charge in [-0.15, -0.1) is 0 Å². The minimum Gasteiger partial charge on any atom is -0.240 e. The smallest absolute Gasteiger partial charge is 0.240 e. The van der Waals surface area contributed by atoms with Crippen LogP contribution in [-0.4, -0.2) is 41.6 Å². The Hall–Kier alpha value is -3.71. The lowest BCUT2D eigenvalue weighted by Crippen LogP contribution is -2.45. The summed E-state index contributed by atoms with van der Waals surface area (Å²) in [5.41, 5.74) is -8.32. The van der Waals surface area contributed by atoms with Crippen LogP contribution in [0.2, 0.25) is 0 Å². The summed E-state index contributed by atoms with van der Waals surface area (Å²) in [6, 6.07) is 6.96. The molecule has 0 atom stereocenters. The van der Waals surface area contributed by atoms with Gasteiger partial charge in [-0.2, -0.15) is 26.3 Å². The third kappa shape index (κ3) is 8.89. The molecule has 42 heavy (non-hydrogen) atoms. The van der Waals surface area contributed by atoms with Crippen LogP contribution in [0.4, 0.5) is 26.3 Å². The standard InChI is InChI=1S/C21H27N6.C2HF6NO4S2/c1-22-4-7-25(16-22)13-19-10-20(14-26-8-5-23(2)17-26)12-21(11-19)15-27-9-6-24(3)18-27;3-1(4,5)14(10,11)9-15(12,13)2(6,7)8/h4-12,16-18H,13-15H2,1-3H3;9H/q+3;. The molecule has 0 bridgehead atoms. The van der Waals surface area contributed by atoms with Gasteiger partial charge in [-0.1, -0.05) is 4.13 Å². The number of nitrogens with zero attached hydrogens (tertiary/aromatic N) is 6. The minimum atomic E-state index is -6.60. The van der Waals surface area contributed by atoms with E-state index >= 15 is 0 Å². The number of aromatic nitrogens is 6. The highest BCUT2D eigenvalue weighted by Crippen LogP contribution is 2.27. The van der Waals surface area contributed by atoms with Gasteiger partial charge >= 0.3 is 31.1 Å². The van der Waals surface area contributed by atoms with Crippen molar-refractivity contribution in [3.05, 3.63) is 91.1 Å². The Balaban J connectivity index is 0.000000277. The van der Waals surface area contributed by atoms with Gasteiger partial charge in [-0.3, -0.25) is 0 Å². The molecule has 3 heterocycles. The van der Waals surface area contributed by atoms with Crippen molar-refractivity contribution in [2.45, 2.75) is 30.7 Å². The zero-order valence-electron chi connectivity index (χ0n) is 22.5. The van der Waals surface area contributed by atoms with Crippen molar-refractivity contribution in [1.29, 1.82) is 0 Å². The van der Waals surface area contributed by atoms with Gasteiger partial charge in [0.2, 0.25) is 19.0 Å². The first-order chi connectivity index (χ1) is 19.2. The molecule has 1 N–H and O–H groups in total. The van der Waals surface area contributed by atoms with Crippen LogP contribution in [-0.2, 0) is 60.8 Å². The Bertz CT molecular complexity index is 1550. The van der Waals surface area contributed by atoms with Crippen LogP contribution in [0.1, 0.15) is 16.7 Å². The second kappa shape index (κ2) is 12.3. The Kier molecular flexibility index (Phi) is 9.57. The molecule has 0 spiro atoms. The lowest BCUT2D eigenvalue weighted by molar-refractivity contribution is -0.671. The number of imidazole rings is 3. The monoisotopic (exact) mass is 644 g/mol. The topological polar surface area (TPSA) is 107 Å². The summed E-state index contributed by atoms with van der Waals surface area (Å²) in [5, 5.41) is 0. The summed E-state index contributed by atoms with van der Waals surface area (Å²) < 4.78 is 121. The minimum absolute atomic E-state index is 0.493. The van der Waals surface area contributed by atoms with Gasteiger partial charge in [0, 0.05) is 0 Å². The largest absolute Gasteiger partial charge is 0.512 e. The van der Waals surface area contributed by atoms with Crippen molar-refractivity contribution in [2.75, 3.05) is 0 Å². The highest BCUT2D eigenvalue weighted by atomic mass is 32.3. The molecule has 4 rings (SSSR count). The van der Waals surface area contributed by atoms with Crippen LogP contribution < -0.4 is 17.8 Å². The lowest BCUT2D eigenvalue weighted by Gasteiger charge is -2.11. The number of benzene rings is 1. The van der Waals surface area contributed by atoms with Crippen LogP contribution in [0.5, 0.6) is 0 Å². The maximum Gasteiger partial charge on any atom is 0.512 e. The molecule has 4 aromatic rings. The highest BCUT2D eigenvalue weighted by molar-refractivity contribution is 8.05. The Morgan fingerprint density at radius 1 is 0.595 bits per heavy atom. The Morgan fingerprint density at radius 2 is 0.857 bits per heavy atom. The quantitative estimate of drug-likeness (QED) is 0.228. The molecule has 0 saturated carbocycles. The SMILES string of the molecule is C[n+]1ccn(Cc2cc(Cn3cc[n+](C)c3)cc(Cn3cc[n+](C)c3)c2)c1.O=S(=O)(NS(=O)(=O)C(F)(F)F)C(F)(F)F. The molecule has 0 radical (unpaired) electrons. The summed E-state index contributed by atoms with van der Waals surface area (Å²) in [6.45, 7) is 2.63. The van der Waals surface area contributed by atoms with Crippen molar-refractivity contribution in [3.8, 4) is 0 Å². The van der Waals surface area contributed by atoms with E-state index in [1.54, 1.807) is 0 Å². The van der Waals surface area contributed by atoms with Crippen LogP contribution in [0.3, 0.4) is 0 Å². The summed E-state index contributed by atoms with van der Waals surface area (Å²) in [6.07, 6.45) is 18.9. The molecule has 3 aromatic heterocycles. The van der Waals surface area contributed by atoms with E-state index in [4.69, 9.17) is 0 Å². The summed E-state index contributed by atoms with van der Waals surface area (Å²) >= 11 is 0. The van der Waals surface area contributed by atoms with E-state index in [0.717, 1.165) is 19.6 Å². The first kappa shape index (κ1) is 32.8. The fourth-order valence-corrected chi connectivity index (χ4v) is 5.68. The van der Waals surface area contributed by atoms with E-state index in [2.05, 4.69) is 123 Å². The van der Waals surface area contributed by atoms with Crippen molar-refractivity contribution >= 4 is 20.0 Å². The number of aryl methyl sites for hydroxylation is 3. The molecule has 19 heteroatoms. The number of nitrogens with one attached hydrogen (secondary N) is 1. The van der Waals surface area contributed by atoms with Crippen molar-refractivity contribution in [3.63, 3.8) is 0 Å². The molecule has 11 nitrogen and oxygen atoms in total. The van der Waals surface area contributed by atoms with Crippen molar-refractivity contribution in [2.24, 2.45) is 21.1 Å². The fourth-order valence-electron chi connectivity index (χ4n) is 3.77. The van der Waals surface area contributed by atoms with E-state index < -0.39 is 35.2 Å². The molecule has 0 amide bonds. The van der Waals surface area contributed by atoms with E-state index in [1.807, 2.05) is 0 Å². The lowest BCUT2D eigenvalue weighted by atomic mass is 10.0. The molecular formula is C23H28F6N7O4S2+3. The molecule has 0 aliphatic heterocycles. The predicted octanol–water partition coefficient (Wildman–Crippen LogP) is 0.985. The van der Waals surface area contributed by atoms with Gasteiger partial charge in [0.1, 0.15) is 56.8 Å². The van der Waals surface area contributed by atoms with Crippen LogP contribution in [0, 0.1) is 0 Å². The summed E-state index contributed by atoms with van der Waals surface area (Å²) in [4.78, 5) is 0. The highest BCUT2D eigenvalue weighted by Gasteiger charge is 2.55. The van der Waals surface area contributed by atoms with Crippen LogP contribution in [0.15, 0.2) is 74.4 Å². The first-order valence-electron chi connectivity index (χ1n) is 11.8. The van der Waals surface area contributed by atoms with Gasteiger partial charge < -0.3 is 0 Å². The number of hydrogen-bond acceptors (Lipinski definition) is 4. The maximum atomic E-state index is 11.5. The number of alkyl halides is 6. The van der Waals surface area contributed by atoms with Gasteiger partial charge in [-0.25, -0.2) is 44.2 Å². The third-order valence-corrected chi connectivity index (χ3v) is 8.48. The first-order valence-corrected chi connectivity index (χ1v) is 14.8. The van der Waals surface area contributed by atoms with E-state index in [9.17, 15) is 43.2 Å². The number of halogens is 6. The Labute approximate surface area is 237 Å². The zero-order valence-corrected chi connectivity index (χ0v) is 24.1. The predicted molar refractivity (Wildman–Crippen MR) is 134 cm³/mol. The van der Waals surface area contributed by atoms with Gasteiger partial charge in [0.15, 0.2) is 0 Å². The fraction of sp³-hybridized carbons (Fsp3) is 0.348. The molecule has 0 fully saturated rings. The second-order valence-electron chi connectivity index (χ2n) is 9.39. The van der Waals surface area contributed by atoms with Gasteiger partial charge in [0.25, 0.3) is 0 Å². The number of sulfonamides is 2. The normalized spacial score (nSPS) is 12.7. The average molecular weight is 645 g/mol. The molecule has 0 aliphatic carbocycles. The Morgan fingerprint density at radius 3 is 1.05 bits per heavy atom. The van der Waals surface area contributed by atoms with Crippen molar-refractivity contribution in [1.82, 2.24) is 17.8 Å². The molecule has 0 unspecified atom stereocenters. The molecule has 0 saturated heterocycles. The van der Waals surface area contributed by atoms with E-state index in [0.29, 0.717) is 0 Å². The van der Waals surface area contributed by atoms with Crippen LogP contribution >= 0.6 is 0 Å². The van der Waals surface area contributed by atoms with E-state index in [1.165, 1.54) is 16.7 Å².